The third-order valence-corrected chi connectivity index (χ3v) is 5.84. The van der Waals surface area contributed by atoms with Gasteiger partial charge in [-0.2, -0.15) is 0 Å². The summed E-state index contributed by atoms with van der Waals surface area (Å²) >= 11 is 0. The smallest absolute Gasteiger partial charge is 0.274 e. The number of fused-ring (bicyclic) bond motifs is 1. The topological polar surface area (TPSA) is 65.2 Å². The molecule has 1 fully saturated rings. The molecule has 7 heteroatoms. The Kier molecular flexibility index (Phi) is 5.03. The fourth-order valence-electron chi connectivity index (χ4n) is 4.12. The van der Waals surface area contributed by atoms with Gasteiger partial charge in [0.15, 0.2) is 0 Å². The van der Waals surface area contributed by atoms with Gasteiger partial charge in [0, 0.05) is 38.1 Å². The van der Waals surface area contributed by atoms with Crippen molar-refractivity contribution in [1.82, 2.24) is 19.3 Å². The molecule has 2 aromatic heterocycles. The minimum absolute atomic E-state index is 0.00752. The molecule has 3 heterocycles. The Balaban J connectivity index is 1.51. The van der Waals surface area contributed by atoms with E-state index in [0.717, 1.165) is 41.2 Å². The van der Waals surface area contributed by atoms with Gasteiger partial charge in [-0.1, -0.05) is 35.9 Å². The number of nitrogens with zero attached hydrogens (tertiary/aromatic N) is 5. The Morgan fingerprint density at radius 3 is 2.52 bits per heavy atom. The van der Waals surface area contributed by atoms with Crippen LogP contribution in [0.3, 0.4) is 0 Å². The van der Waals surface area contributed by atoms with Crippen molar-refractivity contribution in [3.8, 4) is 11.1 Å². The highest BCUT2D eigenvalue weighted by Crippen LogP contribution is 2.24. The van der Waals surface area contributed by atoms with Crippen molar-refractivity contribution in [2.24, 2.45) is 7.05 Å². The Morgan fingerprint density at radius 1 is 1.00 bits per heavy atom. The lowest BCUT2D eigenvalue weighted by molar-refractivity contribution is 0.122. The van der Waals surface area contributed by atoms with E-state index in [1.165, 1.54) is 5.56 Å². The van der Waals surface area contributed by atoms with Gasteiger partial charge in [-0.05, 0) is 30.2 Å². The monoisotopic (exact) mass is 415 g/mol. The highest BCUT2D eigenvalue weighted by molar-refractivity contribution is 5.84. The zero-order chi connectivity index (χ0) is 21.4. The van der Waals surface area contributed by atoms with Gasteiger partial charge in [0.05, 0.1) is 30.7 Å². The van der Waals surface area contributed by atoms with Gasteiger partial charge < -0.3 is 9.64 Å². The van der Waals surface area contributed by atoms with Crippen molar-refractivity contribution >= 4 is 16.9 Å². The molecule has 0 unspecified atom stereocenters. The molecule has 158 valence electrons. The van der Waals surface area contributed by atoms with Gasteiger partial charge in [0.25, 0.3) is 5.56 Å². The van der Waals surface area contributed by atoms with Gasteiger partial charge in [-0.25, -0.2) is 9.97 Å². The van der Waals surface area contributed by atoms with Gasteiger partial charge in [-0.3, -0.25) is 14.2 Å². The molecule has 0 aliphatic carbocycles. The summed E-state index contributed by atoms with van der Waals surface area (Å²) in [4.78, 5) is 24.0. The highest BCUT2D eigenvalue weighted by Gasteiger charge is 2.15. The third kappa shape index (κ3) is 3.72. The minimum Gasteiger partial charge on any atom is -0.378 e. The number of morpholine rings is 1. The van der Waals surface area contributed by atoms with Crippen LogP contribution in [0.25, 0.3) is 22.0 Å². The van der Waals surface area contributed by atoms with Crippen LogP contribution in [0.5, 0.6) is 0 Å². The molecule has 5 rings (SSSR count). The van der Waals surface area contributed by atoms with Crippen molar-refractivity contribution in [3.63, 3.8) is 0 Å². The summed E-state index contributed by atoms with van der Waals surface area (Å²) in [5.74, 6) is 0.726. The first-order valence-electron chi connectivity index (χ1n) is 10.5. The van der Waals surface area contributed by atoms with E-state index >= 15 is 0 Å². The zero-order valence-corrected chi connectivity index (χ0v) is 17.8. The Hall–Kier alpha value is -3.45. The number of ether oxygens (including phenoxy) is 1. The third-order valence-electron chi connectivity index (χ3n) is 5.84. The molecule has 0 amide bonds. The summed E-state index contributed by atoms with van der Waals surface area (Å²) in [6, 6.07) is 14.3. The molecule has 1 aliphatic heterocycles. The van der Waals surface area contributed by atoms with E-state index in [2.05, 4.69) is 46.1 Å². The number of hydrogen-bond donors (Lipinski definition) is 0. The predicted octanol–water partition coefficient (Wildman–Crippen LogP) is 2.99. The summed E-state index contributed by atoms with van der Waals surface area (Å²) in [6.07, 6.45) is 3.70. The first-order chi connectivity index (χ1) is 15.1. The lowest BCUT2D eigenvalue weighted by Crippen LogP contribution is -2.37. The fraction of sp³-hybridized carbons (Fsp3) is 0.292. The molecule has 0 N–H and O–H groups in total. The Morgan fingerprint density at radius 2 is 1.77 bits per heavy atom. The van der Waals surface area contributed by atoms with Gasteiger partial charge in [-0.15, -0.1) is 0 Å². The highest BCUT2D eigenvalue weighted by atomic mass is 16.5. The maximum Gasteiger partial charge on any atom is 0.274 e. The molecule has 0 spiro atoms. The molecule has 1 aliphatic rings. The summed E-state index contributed by atoms with van der Waals surface area (Å²) in [5, 5.41) is 0.713. The first-order valence-corrected chi connectivity index (χ1v) is 10.5. The van der Waals surface area contributed by atoms with Crippen LogP contribution < -0.4 is 10.5 Å². The van der Waals surface area contributed by atoms with E-state index in [9.17, 15) is 4.79 Å². The largest absolute Gasteiger partial charge is 0.378 e. The SMILES string of the molecule is Cc1cccc(Cn2c3cc(-c4cnc(N5CCOCC5)nc4)ccc3c(=O)n2C)c1. The van der Waals surface area contributed by atoms with Crippen molar-refractivity contribution in [2.45, 2.75) is 13.5 Å². The van der Waals surface area contributed by atoms with Crippen LogP contribution in [0, 0.1) is 6.92 Å². The first kappa shape index (κ1) is 19.5. The summed E-state index contributed by atoms with van der Waals surface area (Å²) in [6.45, 7) is 5.73. The molecular weight excluding hydrogens is 390 g/mol. The second-order valence-corrected chi connectivity index (χ2v) is 7.98. The van der Waals surface area contributed by atoms with E-state index < -0.39 is 0 Å². The van der Waals surface area contributed by atoms with E-state index in [-0.39, 0.29) is 5.56 Å². The number of benzene rings is 2. The number of aryl methyl sites for hydroxylation is 1. The molecule has 7 nitrogen and oxygen atoms in total. The molecule has 2 aromatic carbocycles. The lowest BCUT2D eigenvalue weighted by atomic mass is 10.1. The predicted molar refractivity (Wildman–Crippen MR) is 122 cm³/mol. The second-order valence-electron chi connectivity index (χ2n) is 7.98. The Labute approximate surface area is 180 Å². The number of aromatic nitrogens is 4. The van der Waals surface area contributed by atoms with Crippen LogP contribution >= 0.6 is 0 Å². The molecule has 0 atom stereocenters. The maximum atomic E-state index is 12.8. The normalized spacial score (nSPS) is 14.3. The summed E-state index contributed by atoms with van der Waals surface area (Å²) in [5.41, 5.74) is 5.20. The van der Waals surface area contributed by atoms with E-state index in [4.69, 9.17) is 4.74 Å². The van der Waals surface area contributed by atoms with Crippen LogP contribution in [0.4, 0.5) is 5.95 Å². The molecule has 0 saturated carbocycles. The maximum absolute atomic E-state index is 12.8. The van der Waals surface area contributed by atoms with E-state index in [1.54, 1.807) is 4.68 Å². The van der Waals surface area contributed by atoms with Crippen molar-refractivity contribution in [3.05, 3.63) is 76.3 Å². The molecule has 4 aromatic rings. The molecule has 0 bridgehead atoms. The Bertz CT molecular complexity index is 1280. The number of anilines is 1. The van der Waals surface area contributed by atoms with Crippen LogP contribution in [-0.4, -0.2) is 45.6 Å². The minimum atomic E-state index is 0.00752. The molecule has 31 heavy (non-hydrogen) atoms. The average molecular weight is 415 g/mol. The van der Waals surface area contributed by atoms with Gasteiger partial charge >= 0.3 is 0 Å². The summed E-state index contributed by atoms with van der Waals surface area (Å²) < 4.78 is 9.12. The van der Waals surface area contributed by atoms with Crippen molar-refractivity contribution < 1.29 is 4.74 Å². The fourth-order valence-corrected chi connectivity index (χ4v) is 4.12. The average Bonchev–Trinajstić information content (AvgIpc) is 3.04. The quantitative estimate of drug-likeness (QED) is 0.513. The summed E-state index contributed by atoms with van der Waals surface area (Å²) in [7, 11) is 1.82. The van der Waals surface area contributed by atoms with E-state index in [0.29, 0.717) is 25.1 Å². The van der Waals surface area contributed by atoms with Crippen molar-refractivity contribution in [1.29, 1.82) is 0 Å². The molecular formula is C24H25N5O2. The molecule has 1 saturated heterocycles. The van der Waals surface area contributed by atoms with Crippen LogP contribution in [0.1, 0.15) is 11.1 Å². The van der Waals surface area contributed by atoms with Crippen LogP contribution in [0.15, 0.2) is 59.7 Å². The molecule has 0 radical (unpaired) electrons. The second kappa shape index (κ2) is 8.00. The lowest BCUT2D eigenvalue weighted by Gasteiger charge is -2.26. The van der Waals surface area contributed by atoms with Crippen LogP contribution in [-0.2, 0) is 18.3 Å². The van der Waals surface area contributed by atoms with E-state index in [1.807, 2.05) is 42.3 Å². The van der Waals surface area contributed by atoms with Gasteiger partial charge in [0.2, 0.25) is 5.95 Å². The zero-order valence-electron chi connectivity index (χ0n) is 17.8. The van der Waals surface area contributed by atoms with Gasteiger partial charge in [0.1, 0.15) is 0 Å². The van der Waals surface area contributed by atoms with Crippen LogP contribution in [0.2, 0.25) is 0 Å². The number of hydrogen-bond acceptors (Lipinski definition) is 5. The number of rotatable bonds is 4. The van der Waals surface area contributed by atoms with Crippen molar-refractivity contribution in [2.75, 3.05) is 31.2 Å². The standard InChI is InChI=1S/C24H25N5O2/c1-17-4-3-5-18(12-17)16-29-22-13-19(6-7-21(22)23(30)27(29)2)20-14-25-24(26-15-20)28-8-10-31-11-9-28/h3-7,12-15H,8-11,16H2,1-2H3.